The van der Waals surface area contributed by atoms with Gasteiger partial charge in [-0.15, -0.1) is 0 Å². The Bertz CT molecular complexity index is 658. The average molecular weight is 349 g/mol. The highest BCUT2D eigenvalue weighted by Gasteiger charge is 2.15. The van der Waals surface area contributed by atoms with Crippen LogP contribution in [0.25, 0.3) is 0 Å². The summed E-state index contributed by atoms with van der Waals surface area (Å²) >= 11 is 3.42. The normalized spacial score (nSPS) is 10.2. The topological polar surface area (TPSA) is 55.6 Å². The number of anilines is 1. The molecule has 110 valence electrons. The molecule has 0 aliphatic rings. The van der Waals surface area contributed by atoms with E-state index in [0.29, 0.717) is 23.5 Å². The number of amides is 1. The van der Waals surface area contributed by atoms with Gasteiger partial charge in [-0.25, -0.2) is 0 Å². The number of hydrogen-bond acceptors (Lipinski definition) is 3. The molecule has 21 heavy (non-hydrogen) atoms. The first-order chi connectivity index (χ1) is 10.0. The smallest absolute Gasteiger partial charge is 0.255 e. The van der Waals surface area contributed by atoms with Gasteiger partial charge >= 0.3 is 0 Å². The SMILES string of the molecule is COc1ccc(C(=O)N(C)Cc2cccc(Br)c2)c(N)c1. The first kappa shape index (κ1) is 15.4. The molecule has 2 aromatic carbocycles. The number of rotatable bonds is 4. The molecular formula is C16H17BrN2O2. The Morgan fingerprint density at radius 1 is 1.29 bits per heavy atom. The molecule has 0 atom stereocenters. The summed E-state index contributed by atoms with van der Waals surface area (Å²) in [6.45, 7) is 0.518. The summed E-state index contributed by atoms with van der Waals surface area (Å²) in [5, 5.41) is 0. The second kappa shape index (κ2) is 6.63. The summed E-state index contributed by atoms with van der Waals surface area (Å²) in [4.78, 5) is 14.1. The molecule has 0 saturated carbocycles. The highest BCUT2D eigenvalue weighted by atomic mass is 79.9. The van der Waals surface area contributed by atoms with Gasteiger partial charge < -0.3 is 15.4 Å². The zero-order valence-corrected chi connectivity index (χ0v) is 13.6. The number of ether oxygens (including phenoxy) is 1. The Morgan fingerprint density at radius 3 is 2.67 bits per heavy atom. The fourth-order valence-electron chi connectivity index (χ4n) is 2.05. The fourth-order valence-corrected chi connectivity index (χ4v) is 2.50. The van der Waals surface area contributed by atoms with E-state index >= 15 is 0 Å². The van der Waals surface area contributed by atoms with Crippen LogP contribution in [-0.4, -0.2) is 25.0 Å². The van der Waals surface area contributed by atoms with Gasteiger partial charge in [-0.05, 0) is 29.8 Å². The second-order valence-electron chi connectivity index (χ2n) is 4.74. The van der Waals surface area contributed by atoms with E-state index in [-0.39, 0.29) is 5.91 Å². The molecule has 2 N–H and O–H groups in total. The van der Waals surface area contributed by atoms with Gasteiger partial charge in [-0.3, -0.25) is 4.79 Å². The van der Waals surface area contributed by atoms with Crippen molar-refractivity contribution in [3.8, 4) is 5.75 Å². The van der Waals surface area contributed by atoms with E-state index in [0.717, 1.165) is 10.0 Å². The van der Waals surface area contributed by atoms with Crippen molar-refractivity contribution in [2.75, 3.05) is 19.9 Å². The molecule has 0 saturated heterocycles. The van der Waals surface area contributed by atoms with Crippen molar-refractivity contribution < 1.29 is 9.53 Å². The van der Waals surface area contributed by atoms with Gasteiger partial charge in [-0.1, -0.05) is 28.1 Å². The van der Waals surface area contributed by atoms with E-state index in [1.807, 2.05) is 24.3 Å². The second-order valence-corrected chi connectivity index (χ2v) is 5.66. The summed E-state index contributed by atoms with van der Waals surface area (Å²) < 4.78 is 6.08. The molecule has 2 rings (SSSR count). The van der Waals surface area contributed by atoms with Crippen molar-refractivity contribution in [2.24, 2.45) is 0 Å². The predicted molar refractivity (Wildman–Crippen MR) is 87.3 cm³/mol. The van der Waals surface area contributed by atoms with Crippen LogP contribution in [0.15, 0.2) is 46.9 Å². The van der Waals surface area contributed by atoms with Gasteiger partial charge in [0.25, 0.3) is 5.91 Å². The number of benzene rings is 2. The van der Waals surface area contributed by atoms with Crippen molar-refractivity contribution in [2.45, 2.75) is 6.54 Å². The molecule has 0 unspecified atom stereocenters. The Kier molecular flexibility index (Phi) is 4.85. The number of nitrogens with zero attached hydrogens (tertiary/aromatic N) is 1. The highest BCUT2D eigenvalue weighted by Crippen LogP contribution is 2.21. The lowest BCUT2D eigenvalue weighted by molar-refractivity contribution is 0.0786. The third-order valence-corrected chi connectivity index (χ3v) is 3.64. The molecule has 0 bridgehead atoms. The Morgan fingerprint density at radius 2 is 2.05 bits per heavy atom. The third kappa shape index (κ3) is 3.76. The minimum absolute atomic E-state index is 0.116. The van der Waals surface area contributed by atoms with Crippen molar-refractivity contribution in [1.82, 2.24) is 4.90 Å². The molecule has 4 nitrogen and oxygen atoms in total. The number of nitrogen functional groups attached to an aromatic ring is 1. The molecule has 1 amide bonds. The van der Waals surface area contributed by atoms with Crippen LogP contribution in [0.2, 0.25) is 0 Å². The molecule has 0 aromatic heterocycles. The Hall–Kier alpha value is -2.01. The molecule has 0 fully saturated rings. The first-order valence-corrected chi connectivity index (χ1v) is 7.24. The molecule has 0 heterocycles. The van der Waals surface area contributed by atoms with Crippen molar-refractivity contribution >= 4 is 27.5 Å². The molecule has 0 aliphatic heterocycles. The van der Waals surface area contributed by atoms with Gasteiger partial charge in [0.05, 0.1) is 12.7 Å². The summed E-state index contributed by atoms with van der Waals surface area (Å²) in [6, 6.07) is 12.9. The van der Waals surface area contributed by atoms with Crippen LogP contribution in [0.1, 0.15) is 15.9 Å². The van der Waals surface area contributed by atoms with Gasteiger partial charge in [0.1, 0.15) is 5.75 Å². The standard InChI is InChI=1S/C16H17BrN2O2/c1-19(10-11-4-3-5-12(17)8-11)16(20)14-7-6-13(21-2)9-15(14)18/h3-9H,10,18H2,1-2H3. The molecule has 5 heteroatoms. The molecule has 0 radical (unpaired) electrons. The highest BCUT2D eigenvalue weighted by molar-refractivity contribution is 9.10. The van der Waals surface area contributed by atoms with E-state index in [4.69, 9.17) is 10.5 Å². The van der Waals surface area contributed by atoms with Gasteiger partial charge in [0.15, 0.2) is 0 Å². The Labute approximate surface area is 132 Å². The Balaban J connectivity index is 2.15. The van der Waals surface area contributed by atoms with Crippen LogP contribution >= 0.6 is 15.9 Å². The number of nitrogens with two attached hydrogens (primary N) is 1. The zero-order valence-electron chi connectivity index (χ0n) is 12.0. The van der Waals surface area contributed by atoms with E-state index in [2.05, 4.69) is 15.9 Å². The number of methoxy groups -OCH3 is 1. The van der Waals surface area contributed by atoms with Crippen LogP contribution in [0, 0.1) is 0 Å². The monoisotopic (exact) mass is 348 g/mol. The maximum atomic E-state index is 12.4. The van der Waals surface area contributed by atoms with E-state index in [1.165, 1.54) is 0 Å². The molecule has 2 aromatic rings. The number of halogens is 1. The fraction of sp³-hybridized carbons (Fsp3) is 0.188. The lowest BCUT2D eigenvalue weighted by atomic mass is 10.1. The first-order valence-electron chi connectivity index (χ1n) is 6.44. The van der Waals surface area contributed by atoms with Crippen molar-refractivity contribution in [1.29, 1.82) is 0 Å². The van der Waals surface area contributed by atoms with Crippen molar-refractivity contribution in [3.05, 3.63) is 58.1 Å². The minimum atomic E-state index is -0.116. The van der Waals surface area contributed by atoms with Crippen LogP contribution in [0.4, 0.5) is 5.69 Å². The van der Waals surface area contributed by atoms with E-state index < -0.39 is 0 Å². The lowest BCUT2D eigenvalue weighted by Crippen LogP contribution is -2.27. The number of hydrogen-bond donors (Lipinski definition) is 1. The molecule has 0 aliphatic carbocycles. The minimum Gasteiger partial charge on any atom is -0.497 e. The number of carbonyl (C=O) groups excluding carboxylic acids is 1. The summed E-state index contributed by atoms with van der Waals surface area (Å²) in [6.07, 6.45) is 0. The largest absolute Gasteiger partial charge is 0.497 e. The van der Waals surface area contributed by atoms with Gasteiger partial charge in [0, 0.05) is 29.8 Å². The summed E-state index contributed by atoms with van der Waals surface area (Å²) in [7, 11) is 3.32. The van der Waals surface area contributed by atoms with Crippen LogP contribution in [-0.2, 0) is 6.54 Å². The number of carbonyl (C=O) groups is 1. The summed E-state index contributed by atoms with van der Waals surface area (Å²) in [5.41, 5.74) is 7.86. The molecular weight excluding hydrogens is 332 g/mol. The maximum Gasteiger partial charge on any atom is 0.255 e. The zero-order chi connectivity index (χ0) is 15.4. The lowest BCUT2D eigenvalue weighted by Gasteiger charge is -2.18. The van der Waals surface area contributed by atoms with Gasteiger partial charge in [-0.2, -0.15) is 0 Å². The average Bonchev–Trinajstić information content (AvgIpc) is 2.46. The third-order valence-electron chi connectivity index (χ3n) is 3.14. The van der Waals surface area contributed by atoms with Crippen LogP contribution in [0.5, 0.6) is 5.75 Å². The van der Waals surface area contributed by atoms with Gasteiger partial charge in [0.2, 0.25) is 0 Å². The maximum absolute atomic E-state index is 12.4. The quantitative estimate of drug-likeness (QED) is 0.862. The van der Waals surface area contributed by atoms with Crippen molar-refractivity contribution in [3.63, 3.8) is 0 Å². The molecule has 0 spiro atoms. The summed E-state index contributed by atoms with van der Waals surface area (Å²) in [5.74, 6) is 0.522. The van der Waals surface area contributed by atoms with Crippen LogP contribution in [0.3, 0.4) is 0 Å². The van der Waals surface area contributed by atoms with E-state index in [1.54, 1.807) is 37.3 Å². The van der Waals surface area contributed by atoms with E-state index in [9.17, 15) is 4.79 Å². The predicted octanol–water partition coefficient (Wildman–Crippen LogP) is 3.31. The van der Waals surface area contributed by atoms with Crippen LogP contribution < -0.4 is 10.5 Å².